The van der Waals surface area contributed by atoms with Gasteiger partial charge in [0.1, 0.15) is 13.2 Å². The highest BCUT2D eigenvalue weighted by molar-refractivity contribution is 8.18. The summed E-state index contributed by atoms with van der Waals surface area (Å²) in [6.45, 7) is 5.12. The van der Waals surface area contributed by atoms with Crippen LogP contribution in [0.4, 0.5) is 4.79 Å². The fourth-order valence-electron chi connectivity index (χ4n) is 3.21. The van der Waals surface area contributed by atoms with E-state index in [-0.39, 0.29) is 17.4 Å². The number of amides is 3. The summed E-state index contributed by atoms with van der Waals surface area (Å²) in [5.74, 6) is 0.444. The molecule has 0 unspecified atom stereocenters. The van der Waals surface area contributed by atoms with Gasteiger partial charge in [-0.2, -0.15) is 0 Å². The molecule has 0 saturated carbocycles. The van der Waals surface area contributed by atoms with Crippen LogP contribution in [-0.2, 0) is 9.59 Å². The van der Waals surface area contributed by atoms with E-state index in [0.29, 0.717) is 36.8 Å². The van der Waals surface area contributed by atoms with Crippen LogP contribution in [0.2, 0.25) is 0 Å². The largest absolute Gasteiger partial charge is 0.493 e. The highest BCUT2D eigenvalue weighted by atomic mass is 32.2. The van der Waals surface area contributed by atoms with Crippen LogP contribution in [0.1, 0.15) is 24.8 Å². The molecule has 2 aliphatic rings. The SMILES string of the molecule is C=CCOc1ccc(/C=C2\SC(=O)N(CC(=O)N3CCCCC3)C2=O)cc1OC. The van der Waals surface area contributed by atoms with Gasteiger partial charge in [-0.3, -0.25) is 19.3 Å². The first-order valence-electron chi connectivity index (χ1n) is 9.48. The molecule has 0 spiro atoms. The number of imide groups is 1. The van der Waals surface area contributed by atoms with Gasteiger partial charge in [0.25, 0.3) is 11.1 Å². The maximum Gasteiger partial charge on any atom is 0.294 e. The lowest BCUT2D eigenvalue weighted by Gasteiger charge is -2.27. The van der Waals surface area contributed by atoms with Gasteiger partial charge in [0.2, 0.25) is 5.91 Å². The van der Waals surface area contributed by atoms with E-state index in [1.54, 1.807) is 35.3 Å². The highest BCUT2D eigenvalue weighted by Gasteiger charge is 2.37. The van der Waals surface area contributed by atoms with Crippen LogP contribution in [-0.4, -0.2) is 60.2 Å². The lowest BCUT2D eigenvalue weighted by molar-refractivity contribution is -0.136. The normalized spacial score (nSPS) is 18.3. The molecule has 2 heterocycles. The van der Waals surface area contributed by atoms with Gasteiger partial charge in [0.05, 0.1) is 12.0 Å². The van der Waals surface area contributed by atoms with Crippen molar-refractivity contribution in [1.29, 1.82) is 0 Å². The summed E-state index contributed by atoms with van der Waals surface area (Å²) in [4.78, 5) is 40.4. The molecule has 0 radical (unpaired) electrons. The van der Waals surface area contributed by atoms with E-state index in [0.717, 1.165) is 35.9 Å². The molecule has 0 bridgehead atoms. The number of nitrogens with zero attached hydrogens (tertiary/aromatic N) is 2. The van der Waals surface area contributed by atoms with Crippen molar-refractivity contribution in [2.75, 3.05) is 33.4 Å². The first-order chi connectivity index (χ1) is 14.0. The Kier molecular flexibility index (Phi) is 6.98. The molecule has 0 aliphatic carbocycles. The van der Waals surface area contributed by atoms with E-state index in [2.05, 4.69) is 6.58 Å². The standard InChI is InChI=1S/C21H24N2O5S/c1-3-11-28-16-8-7-15(12-17(16)27-2)13-18-20(25)23(21(26)29-18)14-19(24)22-9-5-4-6-10-22/h3,7-8,12-13H,1,4-6,9-11,14H2,2H3/b18-13-. The Hall–Kier alpha value is -2.74. The van der Waals surface area contributed by atoms with Crippen LogP contribution >= 0.6 is 11.8 Å². The molecule has 1 aromatic rings. The van der Waals surface area contributed by atoms with Crippen LogP contribution in [0.15, 0.2) is 35.8 Å². The minimum Gasteiger partial charge on any atom is -0.493 e. The van der Waals surface area contributed by atoms with E-state index in [1.807, 2.05) is 0 Å². The van der Waals surface area contributed by atoms with Gasteiger partial charge >= 0.3 is 0 Å². The monoisotopic (exact) mass is 416 g/mol. The lowest BCUT2D eigenvalue weighted by atomic mass is 10.1. The maximum atomic E-state index is 12.7. The molecular formula is C21H24N2O5S. The summed E-state index contributed by atoms with van der Waals surface area (Å²) < 4.78 is 10.8. The summed E-state index contributed by atoms with van der Waals surface area (Å²) >= 11 is 0.839. The van der Waals surface area contributed by atoms with E-state index in [4.69, 9.17) is 9.47 Å². The fraction of sp³-hybridized carbons (Fsp3) is 0.381. The number of likely N-dealkylation sites (tertiary alicyclic amines) is 1. The number of carbonyl (C=O) groups is 3. The zero-order valence-corrected chi connectivity index (χ0v) is 17.2. The molecule has 3 amide bonds. The Labute approximate surface area is 174 Å². The summed E-state index contributed by atoms with van der Waals surface area (Å²) in [5, 5.41) is -0.426. The molecule has 0 atom stereocenters. The Morgan fingerprint density at radius 1 is 1.21 bits per heavy atom. The summed E-state index contributed by atoms with van der Waals surface area (Å²) in [5.41, 5.74) is 0.695. The van der Waals surface area contributed by atoms with Gasteiger partial charge in [-0.1, -0.05) is 18.7 Å². The number of carbonyl (C=O) groups excluding carboxylic acids is 3. The quantitative estimate of drug-likeness (QED) is 0.501. The van der Waals surface area contributed by atoms with E-state index >= 15 is 0 Å². The fourth-order valence-corrected chi connectivity index (χ4v) is 4.05. The molecular weight excluding hydrogens is 392 g/mol. The number of hydrogen-bond donors (Lipinski definition) is 0. The molecule has 8 heteroatoms. The van der Waals surface area contributed by atoms with Crippen molar-refractivity contribution < 1.29 is 23.9 Å². The summed E-state index contributed by atoms with van der Waals surface area (Å²) in [6.07, 6.45) is 6.28. The van der Waals surface area contributed by atoms with Crippen molar-refractivity contribution >= 4 is 34.9 Å². The topological polar surface area (TPSA) is 76.2 Å². The van der Waals surface area contributed by atoms with Crippen LogP contribution in [0.25, 0.3) is 6.08 Å². The number of rotatable bonds is 7. The van der Waals surface area contributed by atoms with Gasteiger partial charge < -0.3 is 14.4 Å². The number of methoxy groups -OCH3 is 1. The smallest absolute Gasteiger partial charge is 0.294 e. The second kappa shape index (κ2) is 9.65. The van der Waals surface area contributed by atoms with Crippen molar-refractivity contribution in [3.8, 4) is 11.5 Å². The molecule has 1 aromatic carbocycles. The predicted octanol–water partition coefficient (Wildman–Crippen LogP) is 3.31. The zero-order chi connectivity index (χ0) is 20.8. The Morgan fingerprint density at radius 2 is 1.97 bits per heavy atom. The molecule has 2 fully saturated rings. The Balaban J connectivity index is 1.72. The molecule has 154 valence electrons. The van der Waals surface area contributed by atoms with Crippen LogP contribution in [0, 0.1) is 0 Å². The maximum absolute atomic E-state index is 12.7. The third kappa shape index (κ3) is 5.00. The first kappa shape index (κ1) is 21.0. The lowest BCUT2D eigenvalue weighted by Crippen LogP contribution is -2.44. The molecule has 2 aliphatic heterocycles. The van der Waals surface area contributed by atoms with E-state index in [1.165, 1.54) is 7.11 Å². The second-order valence-corrected chi connectivity index (χ2v) is 7.71. The molecule has 2 saturated heterocycles. The minimum absolute atomic E-state index is 0.182. The van der Waals surface area contributed by atoms with Crippen LogP contribution in [0.3, 0.4) is 0 Å². The van der Waals surface area contributed by atoms with Gasteiger partial charge in [-0.15, -0.1) is 0 Å². The van der Waals surface area contributed by atoms with Gasteiger partial charge in [-0.25, -0.2) is 0 Å². The zero-order valence-electron chi connectivity index (χ0n) is 16.4. The molecule has 29 heavy (non-hydrogen) atoms. The van der Waals surface area contributed by atoms with E-state index < -0.39 is 11.1 Å². The summed E-state index contributed by atoms with van der Waals surface area (Å²) in [7, 11) is 1.53. The number of thioether (sulfide) groups is 1. The third-order valence-corrected chi connectivity index (χ3v) is 5.63. The van der Waals surface area contributed by atoms with Crippen molar-refractivity contribution in [1.82, 2.24) is 9.80 Å². The molecule has 7 nitrogen and oxygen atoms in total. The molecule has 0 N–H and O–H groups in total. The third-order valence-electron chi connectivity index (χ3n) is 4.72. The number of hydrogen-bond acceptors (Lipinski definition) is 6. The van der Waals surface area contributed by atoms with Crippen molar-refractivity contribution in [2.24, 2.45) is 0 Å². The van der Waals surface area contributed by atoms with Gasteiger partial charge in [0.15, 0.2) is 11.5 Å². The van der Waals surface area contributed by atoms with Gasteiger partial charge in [-0.05, 0) is 54.8 Å². The van der Waals surface area contributed by atoms with Crippen molar-refractivity contribution in [2.45, 2.75) is 19.3 Å². The minimum atomic E-state index is -0.448. The van der Waals surface area contributed by atoms with Crippen LogP contribution in [0.5, 0.6) is 11.5 Å². The van der Waals surface area contributed by atoms with Crippen LogP contribution < -0.4 is 9.47 Å². The average molecular weight is 416 g/mol. The van der Waals surface area contributed by atoms with Gasteiger partial charge in [0, 0.05) is 13.1 Å². The number of ether oxygens (including phenoxy) is 2. The number of benzene rings is 1. The Morgan fingerprint density at radius 3 is 2.66 bits per heavy atom. The second-order valence-electron chi connectivity index (χ2n) is 6.72. The summed E-state index contributed by atoms with van der Waals surface area (Å²) in [6, 6.07) is 5.23. The first-order valence-corrected chi connectivity index (χ1v) is 10.3. The van der Waals surface area contributed by atoms with Crippen molar-refractivity contribution in [3.05, 3.63) is 41.3 Å². The highest BCUT2D eigenvalue weighted by Crippen LogP contribution is 2.34. The molecule has 0 aromatic heterocycles. The Bertz CT molecular complexity index is 845. The molecule has 3 rings (SSSR count). The van der Waals surface area contributed by atoms with Crippen molar-refractivity contribution in [3.63, 3.8) is 0 Å². The van der Waals surface area contributed by atoms with E-state index in [9.17, 15) is 14.4 Å². The average Bonchev–Trinajstić information content (AvgIpc) is 3.00. The number of piperidine rings is 1. The predicted molar refractivity (Wildman–Crippen MR) is 112 cm³/mol.